The first-order valence-electron chi connectivity index (χ1n) is 6.44. The summed E-state index contributed by atoms with van der Waals surface area (Å²) in [6.07, 6.45) is 1.02. The van der Waals surface area contributed by atoms with Crippen molar-refractivity contribution in [2.24, 2.45) is 5.92 Å². The second kappa shape index (κ2) is 4.35. The Morgan fingerprint density at radius 3 is 3.06 bits per heavy atom. The van der Waals surface area contributed by atoms with Gasteiger partial charge in [-0.1, -0.05) is 6.07 Å². The van der Waals surface area contributed by atoms with Crippen molar-refractivity contribution in [1.82, 2.24) is 10.2 Å². The number of rotatable bonds is 1. The normalized spacial score (nSPS) is 26.4. The van der Waals surface area contributed by atoms with Gasteiger partial charge in [0.1, 0.15) is 5.82 Å². The van der Waals surface area contributed by atoms with E-state index in [1.165, 1.54) is 6.07 Å². The summed E-state index contributed by atoms with van der Waals surface area (Å²) in [4.78, 5) is 14.2. The van der Waals surface area contributed by atoms with Crippen LogP contribution in [0.3, 0.4) is 0 Å². The minimum Gasteiger partial charge on any atom is -0.334 e. The van der Waals surface area contributed by atoms with E-state index in [9.17, 15) is 9.18 Å². The number of carbonyl (C=O) groups excluding carboxylic acids is 1. The van der Waals surface area contributed by atoms with E-state index in [1.807, 2.05) is 11.8 Å². The van der Waals surface area contributed by atoms with Crippen molar-refractivity contribution < 1.29 is 9.18 Å². The SMILES string of the molecule is Cc1ccc(C(=O)N2CC[C@H]3CNC[C@H]32)c(F)c1. The number of carbonyl (C=O) groups is 1. The fourth-order valence-corrected chi connectivity index (χ4v) is 3.05. The second-order valence-corrected chi connectivity index (χ2v) is 5.26. The van der Waals surface area contributed by atoms with E-state index in [1.54, 1.807) is 12.1 Å². The molecule has 1 aromatic carbocycles. The Kier molecular flexibility index (Phi) is 2.82. The smallest absolute Gasteiger partial charge is 0.257 e. The second-order valence-electron chi connectivity index (χ2n) is 5.26. The number of nitrogens with zero attached hydrogens (tertiary/aromatic N) is 1. The van der Waals surface area contributed by atoms with E-state index in [4.69, 9.17) is 0 Å². The summed E-state index contributed by atoms with van der Waals surface area (Å²) in [5, 5.41) is 3.30. The molecule has 0 radical (unpaired) electrons. The quantitative estimate of drug-likeness (QED) is 0.818. The van der Waals surface area contributed by atoms with Crippen molar-refractivity contribution in [3.63, 3.8) is 0 Å². The summed E-state index contributed by atoms with van der Waals surface area (Å²) in [7, 11) is 0. The zero-order valence-corrected chi connectivity index (χ0v) is 10.4. The average molecular weight is 248 g/mol. The molecule has 0 aromatic heterocycles. The van der Waals surface area contributed by atoms with Crippen molar-refractivity contribution in [2.75, 3.05) is 19.6 Å². The summed E-state index contributed by atoms with van der Waals surface area (Å²) in [5.41, 5.74) is 1.04. The molecule has 0 spiro atoms. The van der Waals surface area contributed by atoms with Crippen molar-refractivity contribution in [2.45, 2.75) is 19.4 Å². The van der Waals surface area contributed by atoms with Crippen LogP contribution in [0.15, 0.2) is 18.2 Å². The Morgan fingerprint density at radius 1 is 1.44 bits per heavy atom. The maximum Gasteiger partial charge on any atom is 0.257 e. The van der Waals surface area contributed by atoms with Gasteiger partial charge in [-0.3, -0.25) is 4.79 Å². The van der Waals surface area contributed by atoms with Crippen LogP contribution >= 0.6 is 0 Å². The van der Waals surface area contributed by atoms with Gasteiger partial charge < -0.3 is 10.2 Å². The van der Waals surface area contributed by atoms with E-state index in [-0.39, 0.29) is 17.5 Å². The third kappa shape index (κ3) is 1.81. The molecule has 2 atom stereocenters. The molecule has 2 aliphatic rings. The minimum absolute atomic E-state index is 0.163. The van der Waals surface area contributed by atoms with E-state index >= 15 is 0 Å². The van der Waals surface area contributed by atoms with Crippen LogP contribution in [0.25, 0.3) is 0 Å². The fraction of sp³-hybridized carbons (Fsp3) is 0.500. The molecule has 0 saturated carbocycles. The molecular weight excluding hydrogens is 231 g/mol. The third-order valence-corrected chi connectivity index (χ3v) is 4.06. The first-order chi connectivity index (χ1) is 8.66. The number of fused-ring (bicyclic) bond motifs is 1. The maximum atomic E-state index is 13.8. The number of aryl methyl sites for hydroxylation is 1. The molecule has 2 saturated heterocycles. The molecule has 2 fully saturated rings. The monoisotopic (exact) mass is 248 g/mol. The zero-order valence-electron chi connectivity index (χ0n) is 10.4. The highest BCUT2D eigenvalue weighted by molar-refractivity contribution is 5.95. The predicted molar refractivity (Wildman–Crippen MR) is 66.9 cm³/mol. The molecule has 18 heavy (non-hydrogen) atoms. The zero-order chi connectivity index (χ0) is 12.7. The number of halogens is 1. The lowest BCUT2D eigenvalue weighted by Gasteiger charge is -2.23. The fourth-order valence-electron chi connectivity index (χ4n) is 3.05. The van der Waals surface area contributed by atoms with Gasteiger partial charge in [-0.05, 0) is 37.0 Å². The van der Waals surface area contributed by atoms with Crippen LogP contribution in [0.4, 0.5) is 4.39 Å². The first kappa shape index (κ1) is 11.7. The number of hydrogen-bond donors (Lipinski definition) is 1. The van der Waals surface area contributed by atoms with Gasteiger partial charge in [-0.15, -0.1) is 0 Å². The molecule has 96 valence electrons. The highest BCUT2D eigenvalue weighted by Crippen LogP contribution is 2.29. The highest BCUT2D eigenvalue weighted by Gasteiger charge is 2.40. The van der Waals surface area contributed by atoms with Gasteiger partial charge in [-0.25, -0.2) is 4.39 Å². The molecule has 0 aliphatic carbocycles. The molecule has 1 N–H and O–H groups in total. The van der Waals surface area contributed by atoms with Crippen molar-refractivity contribution in [1.29, 1.82) is 0 Å². The van der Waals surface area contributed by atoms with Gasteiger partial charge in [0.15, 0.2) is 0 Å². The number of benzene rings is 1. The summed E-state index contributed by atoms with van der Waals surface area (Å²) < 4.78 is 13.8. The summed E-state index contributed by atoms with van der Waals surface area (Å²) >= 11 is 0. The molecule has 3 rings (SSSR count). The number of hydrogen-bond acceptors (Lipinski definition) is 2. The van der Waals surface area contributed by atoms with E-state index in [2.05, 4.69) is 5.32 Å². The van der Waals surface area contributed by atoms with Gasteiger partial charge in [0, 0.05) is 25.7 Å². The largest absolute Gasteiger partial charge is 0.334 e. The number of nitrogens with one attached hydrogen (secondary N) is 1. The average Bonchev–Trinajstić information content (AvgIpc) is 2.89. The van der Waals surface area contributed by atoms with Crippen LogP contribution in [0, 0.1) is 18.7 Å². The van der Waals surface area contributed by atoms with Crippen LogP contribution in [-0.4, -0.2) is 36.5 Å². The molecule has 0 unspecified atom stereocenters. The Balaban J connectivity index is 1.86. The van der Waals surface area contributed by atoms with Gasteiger partial charge in [0.2, 0.25) is 0 Å². The summed E-state index contributed by atoms with van der Waals surface area (Å²) in [6, 6.07) is 5.06. The summed E-state index contributed by atoms with van der Waals surface area (Å²) in [5.74, 6) is -0.0273. The molecule has 1 amide bonds. The first-order valence-corrected chi connectivity index (χ1v) is 6.44. The molecule has 3 nitrogen and oxygen atoms in total. The lowest BCUT2D eigenvalue weighted by atomic mass is 10.0. The molecule has 4 heteroatoms. The Hall–Kier alpha value is -1.42. The molecular formula is C14H17FN2O. The van der Waals surface area contributed by atoms with Crippen LogP contribution in [-0.2, 0) is 0 Å². The van der Waals surface area contributed by atoms with Crippen molar-refractivity contribution in [3.05, 3.63) is 35.1 Å². The van der Waals surface area contributed by atoms with E-state index < -0.39 is 5.82 Å². The summed E-state index contributed by atoms with van der Waals surface area (Å²) in [6.45, 7) is 4.39. The molecule has 2 aliphatic heterocycles. The lowest BCUT2D eigenvalue weighted by molar-refractivity contribution is 0.0732. The Bertz CT molecular complexity index is 489. The van der Waals surface area contributed by atoms with Gasteiger partial charge in [0.05, 0.1) is 5.56 Å². The topological polar surface area (TPSA) is 32.3 Å². The minimum atomic E-state index is -0.408. The van der Waals surface area contributed by atoms with E-state index in [0.29, 0.717) is 5.92 Å². The predicted octanol–water partition coefficient (Wildman–Crippen LogP) is 1.57. The molecule has 2 heterocycles. The number of likely N-dealkylation sites (tertiary alicyclic amines) is 1. The standard InChI is InChI=1S/C14H17FN2O/c1-9-2-3-11(12(15)6-9)14(18)17-5-4-10-7-16-8-13(10)17/h2-3,6,10,13,16H,4-5,7-8H2,1H3/t10-,13+/m0/s1. The van der Waals surface area contributed by atoms with E-state index in [0.717, 1.165) is 31.6 Å². The van der Waals surface area contributed by atoms with Crippen LogP contribution in [0.5, 0.6) is 0 Å². The highest BCUT2D eigenvalue weighted by atomic mass is 19.1. The van der Waals surface area contributed by atoms with Crippen LogP contribution in [0.1, 0.15) is 22.3 Å². The Morgan fingerprint density at radius 2 is 2.28 bits per heavy atom. The van der Waals surface area contributed by atoms with Crippen LogP contribution in [0.2, 0.25) is 0 Å². The maximum absolute atomic E-state index is 13.8. The molecule has 1 aromatic rings. The number of amides is 1. The Labute approximate surface area is 106 Å². The van der Waals surface area contributed by atoms with Gasteiger partial charge in [0.25, 0.3) is 5.91 Å². The van der Waals surface area contributed by atoms with Crippen molar-refractivity contribution in [3.8, 4) is 0 Å². The van der Waals surface area contributed by atoms with Gasteiger partial charge in [-0.2, -0.15) is 0 Å². The van der Waals surface area contributed by atoms with Crippen LogP contribution < -0.4 is 5.32 Å². The lowest BCUT2D eigenvalue weighted by Crippen LogP contribution is -2.39. The van der Waals surface area contributed by atoms with Gasteiger partial charge >= 0.3 is 0 Å². The molecule has 0 bridgehead atoms. The van der Waals surface area contributed by atoms with Crippen molar-refractivity contribution >= 4 is 5.91 Å². The third-order valence-electron chi connectivity index (χ3n) is 4.06.